The fourth-order valence-electron chi connectivity index (χ4n) is 0.0833. The molecule has 108 valence electrons. The van der Waals surface area contributed by atoms with Crippen molar-refractivity contribution in [2.75, 3.05) is 21.3 Å². The summed E-state index contributed by atoms with van der Waals surface area (Å²) in [7, 11) is 3.61. The Hall–Kier alpha value is -1.46. The Kier molecular flexibility index (Phi) is 63.6. The first kappa shape index (κ1) is 29.6. The Balaban J connectivity index is -0.0000000399. The zero-order valence-corrected chi connectivity index (χ0v) is 11.2. The van der Waals surface area contributed by atoms with Crippen molar-refractivity contribution in [3.05, 3.63) is 0 Å². The van der Waals surface area contributed by atoms with Gasteiger partial charge in [0, 0.05) is 0 Å². The molecule has 0 aliphatic carbocycles. The molecule has 0 spiro atoms. The fraction of sp³-hybridized carbons (Fsp3) is 0.818. The number of hydrogen-bond donors (Lipinski definition) is 1. The summed E-state index contributed by atoms with van der Waals surface area (Å²) in [6, 6.07) is 0. The highest BCUT2D eigenvalue weighted by atomic mass is 16.7. The number of carboxylic acid groups (broad SMARTS) is 1. The van der Waals surface area contributed by atoms with Gasteiger partial charge in [0.25, 0.3) is 0 Å². The maximum Gasteiger partial charge on any atom is 0.507 e. The lowest BCUT2D eigenvalue weighted by atomic mass is 10.6. The monoisotopic (exact) mass is 256 g/mol. The largest absolute Gasteiger partial charge is 0.507 e. The normalized spacial score (nSPS) is 5.82. The van der Waals surface area contributed by atoms with E-state index >= 15 is 0 Å². The first-order valence-electron chi connectivity index (χ1n) is 4.88. The van der Waals surface area contributed by atoms with Gasteiger partial charge in [0.15, 0.2) is 0 Å². The van der Waals surface area contributed by atoms with Crippen LogP contribution in [-0.2, 0) is 14.2 Å². The molecule has 0 atom stereocenters. The number of carbonyl (C=O) groups is 2. The molecule has 0 aliphatic rings. The highest BCUT2D eigenvalue weighted by Gasteiger charge is 1.88. The molecule has 0 rings (SSSR count). The summed E-state index contributed by atoms with van der Waals surface area (Å²) in [5, 5.41) is 7.50. The lowest BCUT2D eigenvalue weighted by Crippen LogP contribution is -1.97. The summed E-state index contributed by atoms with van der Waals surface area (Å²) in [6.45, 7) is 8.25. The van der Waals surface area contributed by atoms with Crippen LogP contribution in [0.15, 0.2) is 0 Å². The van der Waals surface area contributed by atoms with Crippen LogP contribution in [0.3, 0.4) is 0 Å². The van der Waals surface area contributed by atoms with Crippen molar-refractivity contribution in [1.82, 2.24) is 0 Å². The maximum atomic E-state index is 9.74. The van der Waals surface area contributed by atoms with E-state index < -0.39 is 12.3 Å². The molecule has 0 aromatic rings. The highest BCUT2D eigenvalue weighted by Crippen LogP contribution is 1.72. The average molecular weight is 256 g/mol. The first-order chi connectivity index (χ1) is 7.49. The summed E-state index contributed by atoms with van der Waals surface area (Å²) < 4.78 is 11.7. The van der Waals surface area contributed by atoms with Gasteiger partial charge in [-0.25, -0.2) is 9.59 Å². The van der Waals surface area contributed by atoms with Crippen LogP contribution in [0.2, 0.25) is 0 Å². The molecule has 1 N–H and O–H groups in total. The van der Waals surface area contributed by atoms with E-state index in [-0.39, 0.29) is 7.43 Å². The third-order valence-electron chi connectivity index (χ3n) is 0.508. The van der Waals surface area contributed by atoms with Crippen molar-refractivity contribution in [2.24, 2.45) is 0 Å². The van der Waals surface area contributed by atoms with Crippen LogP contribution in [0.25, 0.3) is 0 Å². The predicted octanol–water partition coefficient (Wildman–Crippen LogP) is 3.79. The van der Waals surface area contributed by atoms with E-state index in [1.807, 2.05) is 13.8 Å². The van der Waals surface area contributed by atoms with Gasteiger partial charge in [-0.3, -0.25) is 0 Å². The van der Waals surface area contributed by atoms with Crippen LogP contribution >= 0.6 is 0 Å². The Morgan fingerprint density at radius 2 is 1.12 bits per heavy atom. The zero-order valence-electron chi connectivity index (χ0n) is 11.2. The molecule has 6 nitrogen and oxygen atoms in total. The molecule has 6 heteroatoms. The van der Waals surface area contributed by atoms with Gasteiger partial charge in [-0.05, 0) is 0 Å². The molecule has 0 amide bonds. The first-order valence-corrected chi connectivity index (χ1v) is 4.88. The Morgan fingerprint density at radius 3 is 1.12 bits per heavy atom. The number of ether oxygens (including phenoxy) is 3. The molecule has 0 aromatic carbocycles. The minimum absolute atomic E-state index is 0. The molecule has 0 fully saturated rings. The number of carbonyl (C=O) groups excluding carboxylic acids is 1. The minimum atomic E-state index is -1.25. The lowest BCUT2D eigenvalue weighted by Gasteiger charge is -1.89. The quantitative estimate of drug-likeness (QED) is 0.664. The van der Waals surface area contributed by atoms with Gasteiger partial charge in [-0.1, -0.05) is 41.5 Å². The van der Waals surface area contributed by atoms with Crippen molar-refractivity contribution in [3.8, 4) is 0 Å². The van der Waals surface area contributed by atoms with Crippen LogP contribution in [0.5, 0.6) is 0 Å². The van der Waals surface area contributed by atoms with Crippen LogP contribution < -0.4 is 0 Å². The third kappa shape index (κ3) is 111. The van der Waals surface area contributed by atoms with Crippen LogP contribution in [-0.4, -0.2) is 38.7 Å². The number of methoxy groups -OCH3 is 3. The van der Waals surface area contributed by atoms with Gasteiger partial charge < -0.3 is 19.3 Å². The Labute approximate surface area is 105 Å². The molecule has 17 heavy (non-hydrogen) atoms. The Bertz CT molecular complexity index is 130. The molecule has 0 saturated heterocycles. The van der Waals surface area contributed by atoms with E-state index in [2.05, 4.69) is 28.1 Å². The third-order valence-corrected chi connectivity index (χ3v) is 0.508. The van der Waals surface area contributed by atoms with Gasteiger partial charge in [0.1, 0.15) is 0 Å². The fourth-order valence-corrected chi connectivity index (χ4v) is 0.0833. The molecule has 0 aromatic heterocycles. The number of hydrogen-bond acceptors (Lipinski definition) is 5. The minimum Gasteiger partial charge on any atom is -0.450 e. The number of rotatable bonds is 0. The molecular formula is C11H28O6. The predicted molar refractivity (Wildman–Crippen MR) is 68.5 cm³/mol. The van der Waals surface area contributed by atoms with Gasteiger partial charge in [0.2, 0.25) is 0 Å². The highest BCUT2D eigenvalue weighted by molar-refractivity contribution is 5.59. The van der Waals surface area contributed by atoms with Crippen molar-refractivity contribution in [3.63, 3.8) is 0 Å². The van der Waals surface area contributed by atoms with E-state index in [1.54, 1.807) is 0 Å². The molecule has 0 unspecified atom stereocenters. The van der Waals surface area contributed by atoms with Gasteiger partial charge in [-0.2, -0.15) is 0 Å². The standard InChI is InChI=1S/C3H6O3.C3H8.C2H4O3.C2H6.CH4/c1-5-3(4)6-2;1-3-2;1-5-2(3)4;1-2;/h1-2H3;3H2,1-2H3;1H3,(H,3,4);1-2H3;1H4. The van der Waals surface area contributed by atoms with E-state index in [9.17, 15) is 4.79 Å². The maximum absolute atomic E-state index is 9.74. The van der Waals surface area contributed by atoms with E-state index in [4.69, 9.17) is 9.90 Å². The lowest BCUT2D eigenvalue weighted by molar-refractivity contribution is 0.0924. The van der Waals surface area contributed by atoms with Crippen molar-refractivity contribution >= 4 is 12.3 Å². The molecule has 0 radical (unpaired) electrons. The Morgan fingerprint density at radius 1 is 0.941 bits per heavy atom. The summed E-state index contributed by atoms with van der Waals surface area (Å²) >= 11 is 0. The second kappa shape index (κ2) is 36.5. The van der Waals surface area contributed by atoms with Crippen LogP contribution in [0.4, 0.5) is 9.59 Å². The summed E-state index contributed by atoms with van der Waals surface area (Å²) in [5.74, 6) is 0. The SMILES string of the molecule is C.CC.CCC.COC(=O)O.COC(=O)OC. The smallest absolute Gasteiger partial charge is 0.450 e. The summed E-state index contributed by atoms with van der Waals surface area (Å²) in [6.07, 6.45) is -0.653. The van der Waals surface area contributed by atoms with Gasteiger partial charge >= 0.3 is 12.3 Å². The van der Waals surface area contributed by atoms with Crippen molar-refractivity contribution in [1.29, 1.82) is 0 Å². The van der Waals surface area contributed by atoms with Crippen molar-refractivity contribution < 1.29 is 28.9 Å². The van der Waals surface area contributed by atoms with Gasteiger partial charge in [0.05, 0.1) is 21.3 Å². The molecular weight excluding hydrogens is 228 g/mol. The second-order valence-electron chi connectivity index (χ2n) is 1.84. The molecule has 0 heterocycles. The molecule has 0 bridgehead atoms. The van der Waals surface area contributed by atoms with Crippen LogP contribution in [0.1, 0.15) is 41.5 Å². The molecule has 0 saturated carbocycles. The summed E-state index contributed by atoms with van der Waals surface area (Å²) in [4.78, 5) is 18.9. The van der Waals surface area contributed by atoms with Crippen molar-refractivity contribution in [2.45, 2.75) is 41.5 Å². The second-order valence-corrected chi connectivity index (χ2v) is 1.84. The van der Waals surface area contributed by atoms with E-state index in [1.165, 1.54) is 20.6 Å². The van der Waals surface area contributed by atoms with Gasteiger partial charge in [-0.15, -0.1) is 0 Å². The topological polar surface area (TPSA) is 82.1 Å². The van der Waals surface area contributed by atoms with E-state index in [0.717, 1.165) is 7.11 Å². The van der Waals surface area contributed by atoms with Crippen LogP contribution in [0, 0.1) is 0 Å². The zero-order chi connectivity index (χ0) is 14.0. The summed E-state index contributed by atoms with van der Waals surface area (Å²) in [5.41, 5.74) is 0. The average Bonchev–Trinajstić information content (AvgIpc) is 2.32. The van der Waals surface area contributed by atoms with E-state index in [0.29, 0.717) is 0 Å². The molecule has 0 aliphatic heterocycles.